The molecule has 26 heavy (non-hydrogen) atoms. The van der Waals surface area contributed by atoms with Gasteiger partial charge in [0.1, 0.15) is 0 Å². The van der Waals surface area contributed by atoms with Crippen LogP contribution in [-0.4, -0.2) is 38.6 Å². The second-order valence-corrected chi connectivity index (χ2v) is 6.68. The summed E-state index contributed by atoms with van der Waals surface area (Å²) in [5, 5.41) is 3.61. The zero-order valence-corrected chi connectivity index (χ0v) is 16.0. The van der Waals surface area contributed by atoms with E-state index in [1.807, 2.05) is 43.3 Å². The van der Waals surface area contributed by atoms with Crippen molar-refractivity contribution in [3.63, 3.8) is 0 Å². The van der Waals surface area contributed by atoms with Gasteiger partial charge in [0.15, 0.2) is 11.6 Å². The third-order valence-electron chi connectivity index (χ3n) is 4.24. The number of hydrogen-bond acceptors (Lipinski definition) is 3. The Morgan fingerprint density at radius 1 is 1.27 bits per heavy atom. The fourth-order valence-corrected chi connectivity index (χ4v) is 3.00. The first-order valence-electron chi connectivity index (χ1n) is 8.42. The van der Waals surface area contributed by atoms with E-state index in [9.17, 15) is 9.18 Å². The molecule has 2 aromatic rings. The predicted molar refractivity (Wildman–Crippen MR) is 102 cm³/mol. The predicted octanol–water partition coefficient (Wildman–Crippen LogP) is 3.84. The van der Waals surface area contributed by atoms with Gasteiger partial charge in [-0.05, 0) is 49.8 Å². The summed E-state index contributed by atoms with van der Waals surface area (Å²) < 4.78 is 18.6. The Bertz CT molecular complexity index is 752. The van der Waals surface area contributed by atoms with Crippen molar-refractivity contribution < 1.29 is 13.9 Å². The van der Waals surface area contributed by atoms with Gasteiger partial charge < -0.3 is 15.0 Å². The maximum Gasteiger partial charge on any atom is 0.220 e. The van der Waals surface area contributed by atoms with Crippen LogP contribution < -0.4 is 10.1 Å². The van der Waals surface area contributed by atoms with Gasteiger partial charge in [-0.3, -0.25) is 4.79 Å². The number of methoxy groups -OCH3 is 1. The number of carbonyl (C=O) groups is 1. The minimum atomic E-state index is -0.420. The van der Waals surface area contributed by atoms with Crippen molar-refractivity contribution >= 4 is 17.5 Å². The summed E-state index contributed by atoms with van der Waals surface area (Å²) in [5.74, 6) is -0.302. The molecular weight excluding hydrogens is 355 g/mol. The Hall–Kier alpha value is -2.11. The van der Waals surface area contributed by atoms with Gasteiger partial charge >= 0.3 is 0 Å². The molecule has 0 saturated carbocycles. The van der Waals surface area contributed by atoms with Gasteiger partial charge in [-0.15, -0.1) is 0 Å². The Kier molecular flexibility index (Phi) is 7.42. The molecule has 0 aliphatic heterocycles. The van der Waals surface area contributed by atoms with E-state index in [0.717, 1.165) is 11.1 Å². The molecule has 0 aliphatic carbocycles. The van der Waals surface area contributed by atoms with Crippen molar-refractivity contribution in [1.29, 1.82) is 0 Å². The van der Waals surface area contributed by atoms with E-state index < -0.39 is 5.82 Å². The highest BCUT2D eigenvalue weighted by atomic mass is 35.5. The maximum atomic E-state index is 13.7. The summed E-state index contributed by atoms with van der Waals surface area (Å²) in [6, 6.07) is 12.3. The topological polar surface area (TPSA) is 41.6 Å². The monoisotopic (exact) mass is 378 g/mol. The Balaban J connectivity index is 1.90. The SMILES string of the molecule is COc1ccc(CCC(=O)NCC(c2ccccc2Cl)N(C)C)cc1F. The summed E-state index contributed by atoms with van der Waals surface area (Å²) >= 11 is 6.27. The lowest BCUT2D eigenvalue weighted by molar-refractivity contribution is -0.121. The van der Waals surface area contributed by atoms with Crippen molar-refractivity contribution in [2.45, 2.75) is 18.9 Å². The largest absolute Gasteiger partial charge is 0.494 e. The molecule has 0 radical (unpaired) electrons. The molecule has 0 aliphatic rings. The highest BCUT2D eigenvalue weighted by molar-refractivity contribution is 6.31. The molecule has 1 unspecified atom stereocenters. The van der Waals surface area contributed by atoms with Gasteiger partial charge in [0.25, 0.3) is 0 Å². The smallest absolute Gasteiger partial charge is 0.220 e. The molecule has 0 heterocycles. The number of amides is 1. The first kappa shape index (κ1) is 20.2. The highest BCUT2D eigenvalue weighted by Crippen LogP contribution is 2.25. The van der Waals surface area contributed by atoms with Crippen LogP contribution in [0.4, 0.5) is 4.39 Å². The number of halogens is 2. The van der Waals surface area contributed by atoms with Crippen LogP contribution in [0, 0.1) is 5.82 Å². The second kappa shape index (κ2) is 9.55. The lowest BCUT2D eigenvalue weighted by Gasteiger charge is -2.26. The van der Waals surface area contributed by atoms with Crippen molar-refractivity contribution in [3.8, 4) is 5.75 Å². The zero-order valence-electron chi connectivity index (χ0n) is 15.3. The molecule has 1 amide bonds. The van der Waals surface area contributed by atoms with Gasteiger partial charge in [-0.1, -0.05) is 35.9 Å². The first-order valence-corrected chi connectivity index (χ1v) is 8.80. The summed E-state index contributed by atoms with van der Waals surface area (Å²) in [6.07, 6.45) is 0.750. The molecule has 0 aromatic heterocycles. The van der Waals surface area contributed by atoms with Crippen LogP contribution in [0.15, 0.2) is 42.5 Å². The van der Waals surface area contributed by atoms with Crippen molar-refractivity contribution in [2.75, 3.05) is 27.7 Å². The lowest BCUT2D eigenvalue weighted by Crippen LogP contribution is -2.34. The Morgan fingerprint density at radius 3 is 2.62 bits per heavy atom. The third-order valence-corrected chi connectivity index (χ3v) is 4.58. The fraction of sp³-hybridized carbons (Fsp3) is 0.350. The molecule has 4 nitrogen and oxygen atoms in total. The number of nitrogens with zero attached hydrogens (tertiary/aromatic N) is 1. The molecule has 140 valence electrons. The van der Waals surface area contributed by atoms with E-state index in [-0.39, 0.29) is 24.1 Å². The van der Waals surface area contributed by atoms with E-state index >= 15 is 0 Å². The van der Waals surface area contributed by atoms with E-state index in [1.165, 1.54) is 13.2 Å². The lowest BCUT2D eigenvalue weighted by atomic mass is 10.1. The maximum absolute atomic E-state index is 13.7. The van der Waals surface area contributed by atoms with Gasteiger partial charge in [0.2, 0.25) is 5.91 Å². The molecular formula is C20H24ClFN2O2. The number of rotatable bonds is 8. The Labute approximate surface area is 158 Å². The molecule has 0 fully saturated rings. The summed E-state index contributed by atoms with van der Waals surface area (Å²) in [7, 11) is 5.31. The second-order valence-electron chi connectivity index (χ2n) is 6.27. The number of benzene rings is 2. The van der Waals surface area contributed by atoms with Gasteiger partial charge in [-0.25, -0.2) is 4.39 Å². The number of ether oxygens (including phenoxy) is 1. The quantitative estimate of drug-likeness (QED) is 0.758. The van der Waals surface area contributed by atoms with Crippen LogP contribution >= 0.6 is 11.6 Å². The number of carbonyl (C=O) groups excluding carboxylic acids is 1. The molecule has 6 heteroatoms. The summed E-state index contributed by atoms with van der Waals surface area (Å²) in [6.45, 7) is 0.451. The molecule has 0 saturated heterocycles. The van der Waals surface area contributed by atoms with Crippen molar-refractivity contribution in [1.82, 2.24) is 10.2 Å². The number of nitrogens with one attached hydrogen (secondary N) is 1. The Morgan fingerprint density at radius 2 is 2.00 bits per heavy atom. The van der Waals surface area contributed by atoms with Crippen molar-refractivity contribution in [3.05, 3.63) is 64.4 Å². The molecule has 1 N–H and O–H groups in total. The van der Waals surface area contributed by atoms with Crippen LogP contribution in [0.25, 0.3) is 0 Å². The average molecular weight is 379 g/mol. The van der Waals surface area contributed by atoms with E-state index in [1.54, 1.807) is 12.1 Å². The summed E-state index contributed by atoms with van der Waals surface area (Å²) in [5.41, 5.74) is 1.73. The molecule has 0 bridgehead atoms. The standard InChI is InChI=1S/C20H24ClFN2O2/c1-24(2)18(15-6-4-5-7-16(15)21)13-23-20(25)11-9-14-8-10-19(26-3)17(22)12-14/h4-8,10,12,18H,9,11,13H2,1-3H3,(H,23,25). The summed E-state index contributed by atoms with van der Waals surface area (Å²) in [4.78, 5) is 14.2. The zero-order chi connectivity index (χ0) is 19.1. The molecule has 0 spiro atoms. The molecule has 1 atom stereocenters. The van der Waals surface area contributed by atoms with Crippen LogP contribution in [0.3, 0.4) is 0 Å². The number of aryl methyl sites for hydroxylation is 1. The van der Waals surface area contributed by atoms with E-state index in [0.29, 0.717) is 18.0 Å². The van der Waals surface area contributed by atoms with Crippen LogP contribution in [-0.2, 0) is 11.2 Å². The van der Waals surface area contributed by atoms with Gasteiger partial charge in [0, 0.05) is 18.0 Å². The average Bonchev–Trinajstić information content (AvgIpc) is 2.61. The molecule has 2 aromatic carbocycles. The van der Waals surface area contributed by atoms with E-state index in [2.05, 4.69) is 5.32 Å². The normalized spacial score (nSPS) is 12.1. The minimum Gasteiger partial charge on any atom is -0.494 e. The van der Waals surface area contributed by atoms with E-state index in [4.69, 9.17) is 16.3 Å². The van der Waals surface area contributed by atoms with Crippen LogP contribution in [0.1, 0.15) is 23.6 Å². The third kappa shape index (κ3) is 5.44. The first-order chi connectivity index (χ1) is 12.4. The van der Waals surface area contributed by atoms with Crippen LogP contribution in [0.5, 0.6) is 5.75 Å². The van der Waals surface area contributed by atoms with Crippen molar-refractivity contribution in [2.24, 2.45) is 0 Å². The van der Waals surface area contributed by atoms with Crippen LogP contribution in [0.2, 0.25) is 5.02 Å². The minimum absolute atomic E-state index is 0.0221. The number of hydrogen-bond donors (Lipinski definition) is 1. The van der Waals surface area contributed by atoms with Gasteiger partial charge in [0.05, 0.1) is 13.2 Å². The number of likely N-dealkylation sites (N-methyl/N-ethyl adjacent to an activating group) is 1. The fourth-order valence-electron chi connectivity index (χ4n) is 2.74. The van der Waals surface area contributed by atoms with Gasteiger partial charge in [-0.2, -0.15) is 0 Å². The molecule has 2 rings (SSSR count). The highest BCUT2D eigenvalue weighted by Gasteiger charge is 2.17.